The van der Waals surface area contributed by atoms with E-state index in [0.29, 0.717) is 24.7 Å². The molecule has 160 valence electrons. The molecule has 3 heterocycles. The van der Waals surface area contributed by atoms with E-state index >= 15 is 0 Å². The summed E-state index contributed by atoms with van der Waals surface area (Å²) in [4.78, 5) is 21.1. The van der Waals surface area contributed by atoms with Crippen molar-refractivity contribution >= 4 is 27.3 Å². The smallest absolute Gasteiger partial charge is 0.242 e. The van der Waals surface area contributed by atoms with Crippen LogP contribution in [0, 0.1) is 0 Å². The zero-order chi connectivity index (χ0) is 21.2. The summed E-state index contributed by atoms with van der Waals surface area (Å²) in [5.74, 6) is 1.04. The summed E-state index contributed by atoms with van der Waals surface area (Å²) in [6, 6.07) is 6.89. The molecule has 3 aromatic heterocycles. The van der Waals surface area contributed by atoms with Gasteiger partial charge in [0.05, 0.1) is 4.88 Å². The molecule has 9 nitrogen and oxygen atoms in total. The zero-order valence-electron chi connectivity index (χ0n) is 16.3. The number of aromatic nitrogens is 3. The van der Waals surface area contributed by atoms with E-state index in [9.17, 15) is 13.2 Å². The van der Waals surface area contributed by atoms with Crippen LogP contribution in [0.5, 0.6) is 0 Å². The summed E-state index contributed by atoms with van der Waals surface area (Å²) in [5.41, 5.74) is 0. The van der Waals surface area contributed by atoms with Gasteiger partial charge in [0.1, 0.15) is 4.90 Å². The Morgan fingerprint density at radius 2 is 2.03 bits per heavy atom. The van der Waals surface area contributed by atoms with E-state index in [0.717, 1.165) is 24.1 Å². The Kier molecular flexibility index (Phi) is 8.05. The summed E-state index contributed by atoms with van der Waals surface area (Å²) in [6.07, 6.45) is 6.14. The molecule has 0 spiro atoms. The molecule has 11 heteroatoms. The van der Waals surface area contributed by atoms with E-state index < -0.39 is 10.0 Å². The first-order valence-corrected chi connectivity index (χ1v) is 11.9. The van der Waals surface area contributed by atoms with Crippen LogP contribution in [-0.4, -0.2) is 42.5 Å². The number of thiophene rings is 1. The van der Waals surface area contributed by atoms with Gasteiger partial charge >= 0.3 is 0 Å². The lowest BCUT2D eigenvalue weighted by molar-refractivity contribution is -0.120. The minimum absolute atomic E-state index is 0.0345. The molecule has 0 aliphatic rings. The number of carbonyl (C=O) groups is 1. The average Bonchev–Trinajstić information content (AvgIpc) is 3.43. The summed E-state index contributed by atoms with van der Waals surface area (Å²) in [6.45, 7) is 0.575. The van der Waals surface area contributed by atoms with Gasteiger partial charge in [0, 0.05) is 38.3 Å². The van der Waals surface area contributed by atoms with Crippen LogP contribution >= 0.6 is 11.3 Å². The number of amides is 1. The number of nitrogens with zero attached hydrogens (tertiary/aromatic N) is 3. The highest BCUT2D eigenvalue weighted by molar-refractivity contribution is 7.89. The maximum absolute atomic E-state index is 12.0. The molecule has 0 bridgehead atoms. The van der Waals surface area contributed by atoms with E-state index in [1.54, 1.807) is 17.4 Å². The highest BCUT2D eigenvalue weighted by Gasteiger charge is 2.14. The Hall–Kier alpha value is -2.63. The molecule has 30 heavy (non-hydrogen) atoms. The molecule has 1 amide bonds. The van der Waals surface area contributed by atoms with Crippen molar-refractivity contribution in [3.63, 3.8) is 0 Å². The largest absolute Gasteiger partial charge is 0.356 e. The number of nitrogens with one attached hydrogen (secondary N) is 2. The molecule has 2 N–H and O–H groups in total. The van der Waals surface area contributed by atoms with Gasteiger partial charge in [0.25, 0.3) is 0 Å². The summed E-state index contributed by atoms with van der Waals surface area (Å²) < 4.78 is 31.7. The Morgan fingerprint density at radius 3 is 2.80 bits per heavy atom. The fraction of sp³-hybridized carbons (Fsp3) is 0.368. The summed E-state index contributed by atoms with van der Waals surface area (Å²) >= 11 is 1.57. The third-order valence-electron chi connectivity index (χ3n) is 4.19. The second-order valence-corrected chi connectivity index (χ2v) is 9.20. The molecule has 0 radical (unpaired) electrons. The maximum atomic E-state index is 12.0. The Balaban J connectivity index is 1.25. The molecule has 0 unspecified atom stereocenters. The van der Waals surface area contributed by atoms with E-state index in [1.165, 1.54) is 18.5 Å². The third kappa shape index (κ3) is 6.71. The van der Waals surface area contributed by atoms with Crippen LogP contribution < -0.4 is 10.0 Å². The molecular weight excluding hydrogens is 426 g/mol. The van der Waals surface area contributed by atoms with Crippen LogP contribution in [0.4, 0.5) is 0 Å². The van der Waals surface area contributed by atoms with Crippen molar-refractivity contribution < 1.29 is 17.7 Å². The van der Waals surface area contributed by atoms with Gasteiger partial charge in [-0.1, -0.05) is 17.6 Å². The molecule has 0 saturated heterocycles. The average molecular weight is 450 g/mol. The van der Waals surface area contributed by atoms with Crippen molar-refractivity contribution in [3.05, 3.63) is 47.9 Å². The second kappa shape index (κ2) is 11.0. The van der Waals surface area contributed by atoms with Crippen molar-refractivity contribution in [1.82, 2.24) is 25.2 Å². The van der Waals surface area contributed by atoms with E-state index in [-0.39, 0.29) is 23.8 Å². The number of pyridine rings is 1. The van der Waals surface area contributed by atoms with Gasteiger partial charge in [-0.15, -0.1) is 11.3 Å². The van der Waals surface area contributed by atoms with E-state index in [1.807, 2.05) is 17.5 Å². The topological polar surface area (TPSA) is 127 Å². The monoisotopic (exact) mass is 449 g/mol. The summed E-state index contributed by atoms with van der Waals surface area (Å²) in [5, 5.41) is 8.74. The van der Waals surface area contributed by atoms with Gasteiger partial charge < -0.3 is 9.84 Å². The minimum Gasteiger partial charge on any atom is -0.356 e. The first-order valence-electron chi connectivity index (χ1n) is 9.57. The van der Waals surface area contributed by atoms with E-state index in [4.69, 9.17) is 4.52 Å². The predicted octanol–water partition coefficient (Wildman–Crippen LogP) is 2.39. The first kappa shape index (κ1) is 22.1. The lowest BCUT2D eigenvalue weighted by Crippen LogP contribution is -2.31. The van der Waals surface area contributed by atoms with Crippen molar-refractivity contribution in [2.24, 2.45) is 0 Å². The van der Waals surface area contributed by atoms with E-state index in [2.05, 4.69) is 25.2 Å². The highest BCUT2D eigenvalue weighted by Crippen LogP contribution is 2.21. The lowest BCUT2D eigenvalue weighted by Gasteiger charge is -2.07. The normalized spacial score (nSPS) is 11.5. The maximum Gasteiger partial charge on any atom is 0.242 e. The number of carbonyl (C=O) groups excluding carboxylic acids is 1. The third-order valence-corrected chi connectivity index (χ3v) is 6.50. The zero-order valence-corrected chi connectivity index (χ0v) is 17.9. The molecular formula is C19H23N5O4S2. The van der Waals surface area contributed by atoms with Gasteiger partial charge in [0.15, 0.2) is 0 Å². The van der Waals surface area contributed by atoms with Crippen LogP contribution in [0.3, 0.4) is 0 Å². The molecule has 0 fully saturated rings. The van der Waals surface area contributed by atoms with Crippen molar-refractivity contribution in [2.45, 2.75) is 37.0 Å². The van der Waals surface area contributed by atoms with Crippen molar-refractivity contribution in [2.75, 3.05) is 13.1 Å². The highest BCUT2D eigenvalue weighted by atomic mass is 32.2. The van der Waals surface area contributed by atoms with Crippen LogP contribution in [-0.2, 0) is 21.2 Å². The van der Waals surface area contributed by atoms with Gasteiger partial charge in [0.2, 0.25) is 27.6 Å². The Labute approximate surface area is 179 Å². The fourth-order valence-electron chi connectivity index (χ4n) is 2.64. The predicted molar refractivity (Wildman–Crippen MR) is 112 cm³/mol. The van der Waals surface area contributed by atoms with Crippen LogP contribution in [0.1, 0.15) is 31.6 Å². The number of hydrogen-bond donors (Lipinski definition) is 2. The molecule has 3 aromatic rings. The number of rotatable bonds is 12. The summed E-state index contributed by atoms with van der Waals surface area (Å²) in [7, 11) is -3.64. The van der Waals surface area contributed by atoms with Gasteiger partial charge in [-0.25, -0.2) is 13.1 Å². The van der Waals surface area contributed by atoms with Gasteiger partial charge in [-0.05, 0) is 36.4 Å². The Morgan fingerprint density at radius 1 is 1.13 bits per heavy atom. The minimum atomic E-state index is -3.64. The molecule has 0 aliphatic carbocycles. The van der Waals surface area contributed by atoms with Crippen LogP contribution in [0.2, 0.25) is 0 Å². The number of sulfonamides is 1. The van der Waals surface area contributed by atoms with Crippen LogP contribution in [0.15, 0.2) is 51.5 Å². The fourth-order valence-corrected chi connectivity index (χ4v) is 4.29. The SMILES string of the molecule is O=C(CCNS(=O)(=O)c1cccnc1)NCCCCCc1nc(-c2cccs2)no1. The standard InChI is InChI=1S/C19H23N5O4S2/c25-17(9-12-22-30(26,27)15-6-4-10-20-14-15)21-11-3-1-2-8-18-23-19(24-28-18)16-7-5-13-29-16/h4-7,10,13-14,22H,1-3,8-9,11-12H2,(H,21,25). The van der Waals surface area contributed by atoms with Crippen molar-refractivity contribution in [1.29, 1.82) is 0 Å². The van der Waals surface area contributed by atoms with Gasteiger partial charge in [-0.2, -0.15) is 4.98 Å². The quantitative estimate of drug-likeness (QED) is 0.406. The Bertz CT molecular complexity index is 1020. The first-order chi connectivity index (χ1) is 14.5. The van der Waals surface area contributed by atoms with Gasteiger partial charge in [-0.3, -0.25) is 9.78 Å². The molecule has 0 aliphatic heterocycles. The van der Waals surface area contributed by atoms with Crippen LogP contribution in [0.25, 0.3) is 10.7 Å². The van der Waals surface area contributed by atoms with Crippen molar-refractivity contribution in [3.8, 4) is 10.7 Å². The lowest BCUT2D eigenvalue weighted by atomic mass is 10.2. The molecule has 0 aromatic carbocycles. The molecule has 0 atom stereocenters. The number of hydrogen-bond acceptors (Lipinski definition) is 8. The molecule has 3 rings (SSSR count). The molecule has 0 saturated carbocycles. The number of unbranched alkanes of at least 4 members (excludes halogenated alkanes) is 2. The second-order valence-electron chi connectivity index (χ2n) is 6.49. The number of aryl methyl sites for hydroxylation is 1.